The molecule has 0 aliphatic heterocycles. The van der Waals surface area contributed by atoms with Gasteiger partial charge in [0.05, 0.1) is 11.2 Å². The van der Waals surface area contributed by atoms with Crippen molar-refractivity contribution in [2.24, 2.45) is 0 Å². The van der Waals surface area contributed by atoms with Gasteiger partial charge in [-0.1, -0.05) is 40.5 Å². The Morgan fingerprint density at radius 3 is 2.11 bits per heavy atom. The molecule has 1 rings (SSSR count). The van der Waals surface area contributed by atoms with Crippen LogP contribution in [0.2, 0.25) is 0 Å². The van der Waals surface area contributed by atoms with Gasteiger partial charge in [0, 0.05) is 4.88 Å². The monoisotopic (exact) mass is 268 g/mol. The molecule has 0 atom stereocenters. The number of rotatable bonds is 8. The Kier molecular flexibility index (Phi) is 6.30. The minimum Gasteiger partial charge on any atom is -0.306 e. The lowest BCUT2D eigenvalue weighted by Crippen LogP contribution is -2.42. The summed E-state index contributed by atoms with van der Waals surface area (Å²) < 4.78 is 0. The van der Waals surface area contributed by atoms with Crippen molar-refractivity contribution in [2.75, 3.05) is 6.54 Å². The number of nitrogens with one attached hydrogen (secondary N) is 1. The molecule has 2 nitrogen and oxygen atoms in total. The van der Waals surface area contributed by atoms with Gasteiger partial charge in [-0.15, -0.1) is 11.3 Å². The van der Waals surface area contributed by atoms with E-state index in [2.05, 4.69) is 39.9 Å². The molecule has 1 aromatic rings. The van der Waals surface area contributed by atoms with Crippen LogP contribution in [0.4, 0.5) is 0 Å². The highest BCUT2D eigenvalue weighted by Crippen LogP contribution is 2.35. The van der Waals surface area contributed by atoms with Crippen LogP contribution in [0.5, 0.6) is 0 Å². The molecular formula is C15H28N2S. The summed E-state index contributed by atoms with van der Waals surface area (Å²) in [5, 5.41) is 5.03. The number of aryl methyl sites for hydroxylation is 2. The molecule has 0 aliphatic rings. The Labute approximate surface area is 116 Å². The molecule has 0 spiro atoms. The highest BCUT2D eigenvalue weighted by Gasteiger charge is 2.33. The van der Waals surface area contributed by atoms with Gasteiger partial charge >= 0.3 is 0 Å². The maximum atomic E-state index is 4.91. The average Bonchev–Trinajstić information content (AvgIpc) is 2.72. The molecule has 0 amide bonds. The Balaban J connectivity index is 3.12. The summed E-state index contributed by atoms with van der Waals surface area (Å²) in [5.41, 5.74) is 1.39. The first-order valence-corrected chi connectivity index (χ1v) is 8.16. The lowest BCUT2D eigenvalue weighted by molar-refractivity contribution is 0.284. The Morgan fingerprint density at radius 2 is 1.72 bits per heavy atom. The van der Waals surface area contributed by atoms with E-state index in [4.69, 9.17) is 4.98 Å². The van der Waals surface area contributed by atoms with Crippen molar-refractivity contribution >= 4 is 11.3 Å². The van der Waals surface area contributed by atoms with Crippen molar-refractivity contribution in [3.05, 3.63) is 15.6 Å². The van der Waals surface area contributed by atoms with Gasteiger partial charge in [0.1, 0.15) is 5.01 Å². The van der Waals surface area contributed by atoms with E-state index < -0.39 is 0 Å². The van der Waals surface area contributed by atoms with Gasteiger partial charge in [-0.05, 0) is 32.7 Å². The Morgan fingerprint density at radius 1 is 1.11 bits per heavy atom. The first-order chi connectivity index (χ1) is 8.63. The molecule has 0 saturated carbocycles. The quantitative estimate of drug-likeness (QED) is 0.755. The van der Waals surface area contributed by atoms with Crippen LogP contribution < -0.4 is 5.32 Å². The predicted octanol–water partition coefficient (Wildman–Crippen LogP) is 4.42. The van der Waals surface area contributed by atoms with E-state index in [1.807, 2.05) is 11.3 Å². The summed E-state index contributed by atoms with van der Waals surface area (Å²) in [6.07, 6.45) is 5.82. The van der Waals surface area contributed by atoms with Crippen LogP contribution >= 0.6 is 11.3 Å². The third-order valence-corrected chi connectivity index (χ3v) is 4.72. The summed E-state index contributed by atoms with van der Waals surface area (Å²) in [6, 6.07) is 0. The first kappa shape index (κ1) is 15.6. The van der Waals surface area contributed by atoms with Crippen molar-refractivity contribution in [1.82, 2.24) is 10.3 Å². The second-order valence-corrected chi connectivity index (χ2v) is 6.19. The molecule has 1 N–H and O–H groups in total. The van der Waals surface area contributed by atoms with Gasteiger partial charge in [0.15, 0.2) is 0 Å². The molecular weight excluding hydrogens is 240 g/mol. The zero-order valence-corrected chi connectivity index (χ0v) is 13.4. The Hall–Kier alpha value is -0.410. The zero-order chi connectivity index (χ0) is 13.6. The van der Waals surface area contributed by atoms with Crippen LogP contribution in [0.25, 0.3) is 0 Å². The number of aromatic nitrogens is 1. The third-order valence-electron chi connectivity index (χ3n) is 3.51. The molecule has 18 heavy (non-hydrogen) atoms. The summed E-state index contributed by atoms with van der Waals surface area (Å²) in [7, 11) is 0. The molecule has 1 aromatic heterocycles. The number of hydrogen-bond acceptors (Lipinski definition) is 3. The SMILES string of the molecule is CCCC(CCC)(NCC)c1nc(CC)c(C)s1. The van der Waals surface area contributed by atoms with Crippen LogP contribution in [0.3, 0.4) is 0 Å². The average molecular weight is 268 g/mol. The van der Waals surface area contributed by atoms with Crippen LogP contribution in [-0.2, 0) is 12.0 Å². The topological polar surface area (TPSA) is 24.9 Å². The van der Waals surface area contributed by atoms with Gasteiger partial charge < -0.3 is 5.32 Å². The second-order valence-electron chi connectivity index (χ2n) is 4.99. The summed E-state index contributed by atoms with van der Waals surface area (Å²) in [5.74, 6) is 0. The first-order valence-electron chi connectivity index (χ1n) is 7.35. The second kappa shape index (κ2) is 7.25. The standard InChI is InChI=1S/C15H28N2S/c1-6-10-15(11-7-2,16-9-4)14-17-13(8-3)12(5)18-14/h16H,6-11H2,1-5H3. The molecule has 1 heterocycles. The van der Waals surface area contributed by atoms with Crippen molar-refractivity contribution in [3.63, 3.8) is 0 Å². The highest BCUT2D eigenvalue weighted by atomic mass is 32.1. The fourth-order valence-corrected chi connectivity index (χ4v) is 3.97. The maximum Gasteiger partial charge on any atom is 0.113 e. The minimum atomic E-state index is 0.112. The van der Waals surface area contributed by atoms with Crippen molar-refractivity contribution in [2.45, 2.75) is 72.3 Å². The summed E-state index contributed by atoms with van der Waals surface area (Å²) >= 11 is 1.89. The maximum absolute atomic E-state index is 4.91. The number of hydrogen-bond donors (Lipinski definition) is 1. The van der Waals surface area contributed by atoms with Crippen LogP contribution in [0, 0.1) is 6.92 Å². The lowest BCUT2D eigenvalue weighted by Gasteiger charge is -2.32. The molecule has 0 bridgehead atoms. The summed E-state index contributed by atoms with van der Waals surface area (Å²) in [6.45, 7) is 12.1. The molecule has 0 radical (unpaired) electrons. The summed E-state index contributed by atoms with van der Waals surface area (Å²) in [4.78, 5) is 6.30. The Bertz CT molecular complexity index is 340. The van der Waals surface area contributed by atoms with Crippen LogP contribution in [0.15, 0.2) is 0 Å². The highest BCUT2D eigenvalue weighted by molar-refractivity contribution is 7.11. The predicted molar refractivity (Wildman–Crippen MR) is 81.4 cm³/mol. The van der Waals surface area contributed by atoms with Gasteiger partial charge in [0.2, 0.25) is 0 Å². The molecule has 0 unspecified atom stereocenters. The molecule has 104 valence electrons. The van der Waals surface area contributed by atoms with E-state index in [9.17, 15) is 0 Å². The van der Waals surface area contributed by atoms with Gasteiger partial charge in [-0.2, -0.15) is 0 Å². The molecule has 0 aromatic carbocycles. The molecule has 3 heteroatoms. The third kappa shape index (κ3) is 3.33. The number of thiazole rings is 1. The minimum absolute atomic E-state index is 0.112. The van der Waals surface area contributed by atoms with Crippen molar-refractivity contribution in [3.8, 4) is 0 Å². The smallest absolute Gasteiger partial charge is 0.113 e. The van der Waals surface area contributed by atoms with Crippen LogP contribution in [-0.4, -0.2) is 11.5 Å². The van der Waals surface area contributed by atoms with Gasteiger partial charge in [-0.25, -0.2) is 4.98 Å². The fourth-order valence-electron chi connectivity index (χ4n) is 2.74. The van der Waals surface area contributed by atoms with Gasteiger partial charge in [-0.3, -0.25) is 0 Å². The molecule has 0 saturated heterocycles. The molecule has 0 aliphatic carbocycles. The van der Waals surface area contributed by atoms with Crippen molar-refractivity contribution in [1.29, 1.82) is 0 Å². The molecule has 0 fully saturated rings. The number of nitrogens with zero attached hydrogens (tertiary/aromatic N) is 1. The van der Waals surface area contributed by atoms with Crippen molar-refractivity contribution < 1.29 is 0 Å². The normalized spacial score (nSPS) is 12.1. The largest absolute Gasteiger partial charge is 0.306 e. The lowest BCUT2D eigenvalue weighted by atomic mass is 9.89. The van der Waals surface area contributed by atoms with E-state index in [0.717, 1.165) is 13.0 Å². The van der Waals surface area contributed by atoms with E-state index in [-0.39, 0.29) is 5.54 Å². The van der Waals surface area contributed by atoms with E-state index in [1.54, 1.807) is 0 Å². The van der Waals surface area contributed by atoms with E-state index >= 15 is 0 Å². The van der Waals surface area contributed by atoms with E-state index in [1.165, 1.54) is 41.3 Å². The zero-order valence-electron chi connectivity index (χ0n) is 12.6. The fraction of sp³-hybridized carbons (Fsp3) is 0.800. The van der Waals surface area contributed by atoms with Crippen LogP contribution in [0.1, 0.15) is 69.0 Å². The van der Waals surface area contributed by atoms with E-state index in [0.29, 0.717) is 0 Å². The van der Waals surface area contributed by atoms with Gasteiger partial charge in [0.25, 0.3) is 0 Å².